The van der Waals surface area contributed by atoms with E-state index in [9.17, 15) is 31.5 Å². The first-order valence-corrected chi connectivity index (χ1v) is 12.9. The van der Waals surface area contributed by atoms with Crippen molar-refractivity contribution in [3.8, 4) is 11.5 Å². The minimum atomic E-state index is -6.00. The van der Waals surface area contributed by atoms with Crippen LogP contribution in [0.1, 0.15) is 50.2 Å². The van der Waals surface area contributed by atoms with E-state index in [1.165, 1.54) is 13.2 Å². The van der Waals surface area contributed by atoms with Crippen molar-refractivity contribution in [2.24, 2.45) is 11.8 Å². The van der Waals surface area contributed by atoms with Gasteiger partial charge in [0.1, 0.15) is 5.78 Å². The van der Waals surface area contributed by atoms with Gasteiger partial charge in [-0.25, -0.2) is 0 Å². The molecule has 1 aliphatic heterocycles. The number of piperidine rings is 1. The lowest BCUT2D eigenvalue weighted by Gasteiger charge is -2.64. The number of benzene rings is 1. The Morgan fingerprint density at radius 1 is 1.26 bits per heavy atom. The van der Waals surface area contributed by atoms with Gasteiger partial charge in [0.05, 0.1) is 12.7 Å². The number of Topliss-reactive ketones (excluding diaryl/α,β-unsaturated/α-hetero) is 1. The van der Waals surface area contributed by atoms with E-state index >= 15 is 0 Å². The van der Waals surface area contributed by atoms with Crippen LogP contribution in [0.5, 0.6) is 11.5 Å². The standard InChI is InChI=1S/C23H28F3NO6S/c1-13-10-22(29)18-9-15-5-6-17(32-2)20(33-34(30,31)23(24,25)26)19(15)21(22,11-16(13)28)7-8-27(18)12-14-3-4-14/h5-6,13-14,18,29H,3-4,7-12H2,1-2H3/t13?,18-,21-,22-/m1/s1. The van der Waals surface area contributed by atoms with Crippen molar-refractivity contribution in [3.63, 3.8) is 0 Å². The molecule has 0 spiro atoms. The van der Waals surface area contributed by atoms with Gasteiger partial charge in [-0.15, -0.1) is 0 Å². The first kappa shape index (κ1) is 23.9. The number of hydrogen-bond donors (Lipinski definition) is 1. The fourth-order valence-electron chi connectivity index (χ4n) is 6.44. The number of methoxy groups -OCH3 is 1. The third-order valence-electron chi connectivity index (χ3n) is 8.28. The van der Waals surface area contributed by atoms with Gasteiger partial charge in [0.15, 0.2) is 11.5 Å². The molecule has 5 rings (SSSR count). The summed E-state index contributed by atoms with van der Waals surface area (Å²) in [7, 11) is -4.80. The van der Waals surface area contributed by atoms with Crippen LogP contribution in [0, 0.1) is 11.8 Å². The van der Waals surface area contributed by atoms with Crippen molar-refractivity contribution in [3.05, 3.63) is 23.3 Å². The maximum atomic E-state index is 13.3. The van der Waals surface area contributed by atoms with E-state index in [2.05, 4.69) is 4.90 Å². The van der Waals surface area contributed by atoms with E-state index in [4.69, 9.17) is 8.92 Å². The van der Waals surface area contributed by atoms with Crippen molar-refractivity contribution < 1.29 is 40.4 Å². The average Bonchev–Trinajstić information content (AvgIpc) is 3.54. The predicted octanol–water partition coefficient (Wildman–Crippen LogP) is 2.93. The SMILES string of the molecule is COc1ccc2c(c1OS(=O)(=O)C(F)(F)F)[C@]13CCN(CC4CC4)[C@H](C2)[C@]1(O)CC(C)C(=O)C3. The first-order chi connectivity index (χ1) is 15.8. The zero-order valence-electron chi connectivity index (χ0n) is 19.0. The highest BCUT2D eigenvalue weighted by molar-refractivity contribution is 7.88. The molecule has 3 fully saturated rings. The largest absolute Gasteiger partial charge is 0.534 e. The smallest absolute Gasteiger partial charge is 0.493 e. The number of likely N-dealkylation sites (tertiary alicyclic amines) is 1. The second-order valence-corrected chi connectivity index (χ2v) is 11.8. The molecule has 7 nitrogen and oxygen atoms in total. The molecule has 0 aromatic heterocycles. The van der Waals surface area contributed by atoms with Crippen LogP contribution in [0.3, 0.4) is 0 Å². The first-order valence-electron chi connectivity index (χ1n) is 11.5. The van der Waals surface area contributed by atoms with Gasteiger partial charge in [0.25, 0.3) is 0 Å². The van der Waals surface area contributed by atoms with E-state index in [-0.39, 0.29) is 36.0 Å². The van der Waals surface area contributed by atoms with Crippen molar-refractivity contribution in [1.82, 2.24) is 4.90 Å². The molecule has 4 aliphatic rings. The minimum absolute atomic E-state index is 0.0962. The monoisotopic (exact) mass is 503 g/mol. The number of hydrogen-bond acceptors (Lipinski definition) is 7. The molecular weight excluding hydrogens is 475 g/mol. The van der Waals surface area contributed by atoms with Crippen LogP contribution in [-0.4, -0.2) is 61.6 Å². The van der Waals surface area contributed by atoms with Gasteiger partial charge >= 0.3 is 15.6 Å². The lowest BCUT2D eigenvalue weighted by Crippen LogP contribution is -2.74. The Balaban J connectivity index is 1.72. The molecule has 0 radical (unpaired) electrons. The summed E-state index contributed by atoms with van der Waals surface area (Å²) in [6.45, 7) is 3.12. The number of nitrogens with zero attached hydrogens (tertiary/aromatic N) is 1. The van der Waals surface area contributed by atoms with Crippen molar-refractivity contribution in [1.29, 1.82) is 0 Å². The summed E-state index contributed by atoms with van der Waals surface area (Å²) in [5.74, 6) is -0.733. The highest BCUT2D eigenvalue weighted by atomic mass is 32.2. The van der Waals surface area contributed by atoms with Gasteiger partial charge in [0.2, 0.25) is 0 Å². The zero-order chi connectivity index (χ0) is 24.7. The number of alkyl halides is 3. The second kappa shape index (κ2) is 7.57. The van der Waals surface area contributed by atoms with Gasteiger partial charge < -0.3 is 14.0 Å². The van der Waals surface area contributed by atoms with Crippen molar-refractivity contribution in [2.75, 3.05) is 20.2 Å². The third kappa shape index (κ3) is 3.37. The molecule has 4 atom stereocenters. The molecule has 1 aromatic carbocycles. The molecule has 1 N–H and O–H groups in total. The normalized spacial score (nSPS) is 33.8. The molecule has 11 heteroatoms. The van der Waals surface area contributed by atoms with Crippen LogP contribution in [0.25, 0.3) is 0 Å². The molecule has 1 saturated heterocycles. The average molecular weight is 504 g/mol. The van der Waals surface area contributed by atoms with Crippen LogP contribution >= 0.6 is 0 Å². The summed E-state index contributed by atoms with van der Waals surface area (Å²) in [6.07, 6.45) is 2.92. The number of fused-ring (bicyclic) bond motifs is 1. The van der Waals surface area contributed by atoms with E-state index < -0.39 is 38.3 Å². The quantitative estimate of drug-likeness (QED) is 0.488. The fraction of sp³-hybridized carbons (Fsp3) is 0.696. The highest BCUT2D eigenvalue weighted by Crippen LogP contribution is 2.62. The summed E-state index contributed by atoms with van der Waals surface area (Å²) >= 11 is 0. The third-order valence-corrected chi connectivity index (χ3v) is 9.23. The Morgan fingerprint density at radius 3 is 2.59 bits per heavy atom. The van der Waals surface area contributed by atoms with Gasteiger partial charge in [-0.3, -0.25) is 9.69 Å². The molecule has 188 valence electrons. The lowest BCUT2D eigenvalue weighted by atomic mass is 9.48. The Bertz CT molecular complexity index is 1130. The summed E-state index contributed by atoms with van der Waals surface area (Å²) in [4.78, 5) is 15.2. The van der Waals surface area contributed by atoms with Gasteiger partial charge in [-0.1, -0.05) is 13.0 Å². The topological polar surface area (TPSA) is 93.1 Å². The second-order valence-electron chi connectivity index (χ2n) is 10.3. The summed E-state index contributed by atoms with van der Waals surface area (Å²) in [6, 6.07) is 2.74. The number of ketones is 1. The lowest BCUT2D eigenvalue weighted by molar-refractivity contribution is -0.181. The van der Waals surface area contributed by atoms with E-state index in [1.807, 2.05) is 0 Å². The van der Waals surface area contributed by atoms with Crippen molar-refractivity contribution >= 4 is 15.9 Å². The van der Waals surface area contributed by atoms with E-state index in [1.54, 1.807) is 13.0 Å². The molecular formula is C23H28F3NO6S. The molecule has 3 aliphatic carbocycles. The van der Waals surface area contributed by atoms with Crippen LogP contribution in [0.15, 0.2) is 12.1 Å². The number of rotatable bonds is 5. The molecule has 1 heterocycles. The summed E-state index contributed by atoms with van der Waals surface area (Å²) in [5.41, 5.74) is -7.60. The van der Waals surface area contributed by atoms with Crippen LogP contribution in [0.2, 0.25) is 0 Å². The number of carbonyl (C=O) groups excluding carboxylic acids is 1. The van der Waals surface area contributed by atoms with Crippen LogP contribution in [0.4, 0.5) is 13.2 Å². The van der Waals surface area contributed by atoms with E-state index in [0.717, 1.165) is 19.4 Å². The predicted molar refractivity (Wildman–Crippen MR) is 115 cm³/mol. The van der Waals surface area contributed by atoms with Gasteiger partial charge in [0, 0.05) is 35.9 Å². The zero-order valence-corrected chi connectivity index (χ0v) is 19.8. The molecule has 2 bridgehead atoms. The maximum Gasteiger partial charge on any atom is 0.534 e. The van der Waals surface area contributed by atoms with E-state index in [0.29, 0.717) is 30.9 Å². The summed E-state index contributed by atoms with van der Waals surface area (Å²) in [5, 5.41) is 12.3. The molecule has 1 unspecified atom stereocenters. The summed E-state index contributed by atoms with van der Waals surface area (Å²) < 4.78 is 73.8. The molecule has 34 heavy (non-hydrogen) atoms. The van der Waals surface area contributed by atoms with Gasteiger partial charge in [-0.2, -0.15) is 21.6 Å². The van der Waals surface area contributed by atoms with Gasteiger partial charge in [-0.05, 0) is 56.2 Å². The minimum Gasteiger partial charge on any atom is -0.493 e. The molecule has 1 aromatic rings. The molecule has 0 amide bonds. The Kier molecular flexibility index (Phi) is 5.32. The van der Waals surface area contributed by atoms with Crippen molar-refractivity contribution in [2.45, 2.75) is 68.0 Å². The Hall–Kier alpha value is -1.85. The number of carbonyl (C=O) groups is 1. The Morgan fingerprint density at radius 2 is 1.97 bits per heavy atom. The highest BCUT2D eigenvalue weighted by Gasteiger charge is 2.67. The number of ether oxygens (including phenoxy) is 1. The Labute approximate surface area is 196 Å². The number of halogens is 3. The van der Waals surface area contributed by atoms with Crippen LogP contribution < -0.4 is 8.92 Å². The molecule has 2 saturated carbocycles. The number of aliphatic hydroxyl groups is 1. The fourth-order valence-corrected chi connectivity index (χ4v) is 6.92. The van der Waals surface area contributed by atoms with Crippen LogP contribution in [-0.2, 0) is 26.7 Å². The maximum absolute atomic E-state index is 13.3.